The molecule has 0 aliphatic heterocycles. The van der Waals surface area contributed by atoms with E-state index in [2.05, 4.69) is 0 Å². The minimum Gasteiger partial charge on any atom is -0.506 e. The lowest BCUT2D eigenvalue weighted by Gasteiger charge is -2.27. The summed E-state index contributed by atoms with van der Waals surface area (Å²) in [7, 11) is 1.44. The van der Waals surface area contributed by atoms with E-state index in [1.54, 1.807) is 60.7 Å². The molecule has 4 rings (SSSR count). The lowest BCUT2D eigenvalue weighted by atomic mass is 9.83. The fourth-order valence-electron chi connectivity index (χ4n) is 3.26. The molecule has 1 aliphatic carbocycles. The van der Waals surface area contributed by atoms with Crippen molar-refractivity contribution in [2.75, 3.05) is 12.2 Å². The SMILES string of the molecule is CON(c1ccccc1O)c1cccc2c1C(=O)c1ccccc1C2=O. The Morgan fingerprint density at radius 3 is 2.00 bits per heavy atom. The van der Waals surface area contributed by atoms with E-state index in [1.807, 2.05) is 0 Å². The highest BCUT2D eigenvalue weighted by molar-refractivity contribution is 6.30. The van der Waals surface area contributed by atoms with E-state index in [9.17, 15) is 14.7 Å². The van der Waals surface area contributed by atoms with Gasteiger partial charge in [0, 0.05) is 16.7 Å². The van der Waals surface area contributed by atoms with Gasteiger partial charge in [0.1, 0.15) is 11.4 Å². The zero-order chi connectivity index (χ0) is 18.3. The summed E-state index contributed by atoms with van der Waals surface area (Å²) in [5.41, 5.74) is 2.13. The second kappa shape index (κ2) is 6.13. The van der Waals surface area contributed by atoms with Crippen LogP contribution in [0.2, 0.25) is 0 Å². The van der Waals surface area contributed by atoms with Gasteiger partial charge in [-0.3, -0.25) is 14.4 Å². The highest BCUT2D eigenvalue weighted by atomic mass is 16.7. The Kier molecular flexibility index (Phi) is 3.78. The molecule has 0 saturated carbocycles. The zero-order valence-corrected chi connectivity index (χ0v) is 14.0. The number of carbonyl (C=O) groups is 2. The molecule has 0 aromatic heterocycles. The molecular formula is C21H15NO4. The lowest BCUT2D eigenvalue weighted by molar-refractivity contribution is 0.0978. The summed E-state index contributed by atoms with van der Waals surface area (Å²) in [5.74, 6) is -0.449. The number of hydrogen-bond donors (Lipinski definition) is 1. The number of anilines is 2. The first-order chi connectivity index (χ1) is 12.6. The van der Waals surface area contributed by atoms with Gasteiger partial charge in [-0.05, 0) is 18.2 Å². The Balaban J connectivity index is 1.95. The average Bonchev–Trinajstić information content (AvgIpc) is 2.68. The Morgan fingerprint density at radius 1 is 0.731 bits per heavy atom. The number of hydrogen-bond acceptors (Lipinski definition) is 5. The van der Waals surface area contributed by atoms with Crippen molar-refractivity contribution in [3.63, 3.8) is 0 Å². The van der Waals surface area contributed by atoms with Crippen molar-refractivity contribution in [2.45, 2.75) is 0 Å². The van der Waals surface area contributed by atoms with E-state index < -0.39 is 0 Å². The molecule has 0 fully saturated rings. The van der Waals surface area contributed by atoms with Gasteiger partial charge < -0.3 is 5.11 Å². The van der Waals surface area contributed by atoms with Crippen molar-refractivity contribution in [3.05, 3.63) is 89.0 Å². The van der Waals surface area contributed by atoms with Crippen LogP contribution in [-0.2, 0) is 4.84 Å². The molecule has 128 valence electrons. The Morgan fingerprint density at radius 2 is 1.31 bits per heavy atom. The number of phenolic OH excluding ortho intramolecular Hbond substituents is 1. The minimum atomic E-state index is -0.247. The van der Waals surface area contributed by atoms with Crippen molar-refractivity contribution in [2.24, 2.45) is 0 Å². The largest absolute Gasteiger partial charge is 0.506 e. The first-order valence-electron chi connectivity index (χ1n) is 8.07. The summed E-state index contributed by atoms with van der Waals surface area (Å²) in [6.07, 6.45) is 0. The fourth-order valence-corrected chi connectivity index (χ4v) is 3.26. The Hall–Kier alpha value is -3.44. The van der Waals surface area contributed by atoms with Crippen LogP contribution in [0, 0.1) is 0 Å². The van der Waals surface area contributed by atoms with Crippen molar-refractivity contribution < 1.29 is 19.5 Å². The van der Waals surface area contributed by atoms with Gasteiger partial charge in [0.25, 0.3) is 0 Å². The van der Waals surface area contributed by atoms with E-state index in [4.69, 9.17) is 4.84 Å². The number of carbonyl (C=O) groups excluding carboxylic acids is 2. The number of ketones is 2. The number of benzene rings is 3. The summed E-state index contributed by atoms with van der Waals surface area (Å²) in [6, 6.07) is 18.4. The van der Waals surface area contributed by atoms with Gasteiger partial charge in [0.05, 0.1) is 18.4 Å². The maximum atomic E-state index is 13.1. The highest BCUT2D eigenvalue weighted by Gasteiger charge is 2.33. The van der Waals surface area contributed by atoms with Gasteiger partial charge in [0.2, 0.25) is 0 Å². The zero-order valence-electron chi connectivity index (χ0n) is 14.0. The molecule has 5 heteroatoms. The van der Waals surface area contributed by atoms with Gasteiger partial charge in [-0.15, -0.1) is 0 Å². The van der Waals surface area contributed by atoms with Crippen LogP contribution in [0.5, 0.6) is 5.75 Å². The molecule has 3 aromatic carbocycles. The van der Waals surface area contributed by atoms with Crippen LogP contribution in [-0.4, -0.2) is 23.8 Å². The highest BCUT2D eigenvalue weighted by Crippen LogP contribution is 2.39. The first-order valence-corrected chi connectivity index (χ1v) is 8.07. The van der Waals surface area contributed by atoms with Crippen molar-refractivity contribution in [3.8, 4) is 5.75 Å². The topological polar surface area (TPSA) is 66.8 Å². The number of aromatic hydroxyl groups is 1. The molecule has 3 aromatic rings. The van der Waals surface area contributed by atoms with Gasteiger partial charge >= 0.3 is 0 Å². The standard InChI is InChI=1S/C21H15NO4/c1-26-22(16-10-4-5-12-18(16)23)17-11-6-9-15-19(17)21(25)14-8-3-2-7-13(14)20(15)24/h2-12,23H,1H3. The van der Waals surface area contributed by atoms with Crippen LogP contribution in [0.3, 0.4) is 0 Å². The van der Waals surface area contributed by atoms with Gasteiger partial charge in [-0.1, -0.05) is 48.5 Å². The van der Waals surface area contributed by atoms with Crippen molar-refractivity contribution >= 4 is 22.9 Å². The van der Waals surface area contributed by atoms with Crippen LogP contribution < -0.4 is 5.06 Å². The number of fused-ring (bicyclic) bond motifs is 2. The quantitative estimate of drug-likeness (QED) is 0.571. The van der Waals surface area contributed by atoms with E-state index in [1.165, 1.54) is 18.2 Å². The van der Waals surface area contributed by atoms with Crippen LogP contribution in [0.1, 0.15) is 31.8 Å². The number of nitrogens with zero attached hydrogens (tertiary/aromatic N) is 1. The maximum absolute atomic E-state index is 13.1. The molecule has 0 bridgehead atoms. The Labute approximate surface area is 150 Å². The molecule has 5 nitrogen and oxygen atoms in total. The van der Waals surface area contributed by atoms with Crippen LogP contribution in [0.4, 0.5) is 11.4 Å². The van der Waals surface area contributed by atoms with Crippen LogP contribution >= 0.6 is 0 Å². The fraction of sp³-hybridized carbons (Fsp3) is 0.0476. The predicted molar refractivity (Wildman–Crippen MR) is 97.0 cm³/mol. The third-order valence-electron chi connectivity index (χ3n) is 4.43. The smallest absolute Gasteiger partial charge is 0.196 e. The molecular weight excluding hydrogens is 330 g/mol. The van der Waals surface area contributed by atoms with E-state index >= 15 is 0 Å². The number of phenols is 1. The summed E-state index contributed by atoms with van der Waals surface area (Å²) in [5, 5.41) is 11.5. The average molecular weight is 345 g/mol. The number of para-hydroxylation sites is 2. The molecule has 0 saturated heterocycles. The van der Waals surface area contributed by atoms with Gasteiger partial charge in [-0.2, -0.15) is 0 Å². The molecule has 1 aliphatic rings. The van der Waals surface area contributed by atoms with Gasteiger partial charge in [0.15, 0.2) is 11.6 Å². The van der Waals surface area contributed by atoms with Crippen LogP contribution in [0.25, 0.3) is 0 Å². The monoisotopic (exact) mass is 345 g/mol. The van der Waals surface area contributed by atoms with Crippen molar-refractivity contribution in [1.29, 1.82) is 0 Å². The molecule has 1 N–H and O–H groups in total. The van der Waals surface area contributed by atoms with E-state index in [-0.39, 0.29) is 22.9 Å². The summed E-state index contributed by atoms with van der Waals surface area (Å²) in [4.78, 5) is 31.4. The first kappa shape index (κ1) is 16.1. The molecule has 0 heterocycles. The third-order valence-corrected chi connectivity index (χ3v) is 4.43. The second-order valence-electron chi connectivity index (χ2n) is 5.87. The maximum Gasteiger partial charge on any atom is 0.196 e. The molecule has 0 amide bonds. The van der Waals surface area contributed by atoms with Crippen LogP contribution in [0.15, 0.2) is 66.7 Å². The minimum absolute atomic E-state index is 0.00179. The van der Waals surface area contributed by atoms with Crippen molar-refractivity contribution in [1.82, 2.24) is 0 Å². The molecule has 26 heavy (non-hydrogen) atoms. The molecule has 0 radical (unpaired) electrons. The van der Waals surface area contributed by atoms with E-state index in [0.29, 0.717) is 28.1 Å². The third kappa shape index (κ3) is 2.29. The summed E-state index contributed by atoms with van der Waals surface area (Å²) < 4.78 is 0. The normalized spacial score (nSPS) is 12.5. The lowest BCUT2D eigenvalue weighted by Crippen LogP contribution is -2.25. The Bertz CT molecular complexity index is 1040. The number of rotatable bonds is 3. The summed E-state index contributed by atoms with van der Waals surface area (Å²) >= 11 is 0. The van der Waals surface area contributed by atoms with Gasteiger partial charge in [-0.25, -0.2) is 5.06 Å². The summed E-state index contributed by atoms with van der Waals surface area (Å²) in [6.45, 7) is 0. The molecule has 0 atom stereocenters. The predicted octanol–water partition coefficient (Wildman–Crippen LogP) is 3.87. The van der Waals surface area contributed by atoms with E-state index in [0.717, 1.165) is 0 Å². The molecule has 0 spiro atoms. The second-order valence-corrected chi connectivity index (χ2v) is 5.87. The molecule has 0 unspecified atom stereocenters.